The van der Waals surface area contributed by atoms with Crippen LogP contribution in [0.25, 0.3) is 11.1 Å². The van der Waals surface area contributed by atoms with E-state index < -0.39 is 11.6 Å². The van der Waals surface area contributed by atoms with E-state index in [2.05, 4.69) is 6.92 Å². The van der Waals surface area contributed by atoms with Crippen molar-refractivity contribution >= 4 is 0 Å². The maximum Gasteiger partial charge on any atom is 0.201 e. The molecular formula is C25H25F3O2. The van der Waals surface area contributed by atoms with Gasteiger partial charge in [0.2, 0.25) is 5.82 Å². The van der Waals surface area contributed by atoms with Gasteiger partial charge in [-0.15, -0.1) is 0 Å². The third-order valence-electron chi connectivity index (χ3n) is 5.00. The Bertz CT molecular complexity index is 984. The summed E-state index contributed by atoms with van der Waals surface area (Å²) in [5.41, 5.74) is 2.12. The van der Waals surface area contributed by atoms with Crippen LogP contribution in [0.1, 0.15) is 37.3 Å². The van der Waals surface area contributed by atoms with E-state index in [1.807, 2.05) is 12.1 Å². The van der Waals surface area contributed by atoms with Gasteiger partial charge >= 0.3 is 0 Å². The maximum absolute atomic E-state index is 14.3. The first kappa shape index (κ1) is 21.8. The van der Waals surface area contributed by atoms with E-state index in [0.717, 1.165) is 36.8 Å². The summed E-state index contributed by atoms with van der Waals surface area (Å²) >= 11 is 0. The minimum atomic E-state index is -1.02. The monoisotopic (exact) mass is 414 g/mol. The molecule has 30 heavy (non-hydrogen) atoms. The molecule has 0 heterocycles. The zero-order valence-corrected chi connectivity index (χ0v) is 17.2. The van der Waals surface area contributed by atoms with Crippen LogP contribution in [-0.2, 0) is 13.0 Å². The Balaban J connectivity index is 1.64. The highest BCUT2D eigenvalue weighted by Crippen LogP contribution is 2.30. The Labute approximate surface area is 175 Å². The van der Waals surface area contributed by atoms with Crippen LogP contribution in [0.5, 0.6) is 11.5 Å². The predicted molar refractivity (Wildman–Crippen MR) is 112 cm³/mol. The van der Waals surface area contributed by atoms with Gasteiger partial charge in [-0.25, -0.2) is 8.78 Å². The molecule has 0 saturated carbocycles. The molecule has 5 heteroatoms. The van der Waals surface area contributed by atoms with Gasteiger partial charge in [-0.05, 0) is 59.9 Å². The molecule has 158 valence electrons. The van der Waals surface area contributed by atoms with Crippen molar-refractivity contribution in [1.82, 2.24) is 0 Å². The molecule has 0 aliphatic rings. The standard InChI is InChI=1S/C25H25F3O2/c1-3-4-5-6-19-8-7-17(15-22(19)26)16-30-20-11-9-18(10-12-20)21-13-14-23(29-2)25(28)24(21)27/h7-15H,3-6,16H2,1-2H3. The van der Waals surface area contributed by atoms with Crippen molar-refractivity contribution in [3.05, 3.63) is 83.2 Å². The van der Waals surface area contributed by atoms with E-state index in [9.17, 15) is 13.2 Å². The van der Waals surface area contributed by atoms with Crippen LogP contribution in [-0.4, -0.2) is 7.11 Å². The number of halogens is 3. The molecule has 0 aliphatic heterocycles. The van der Waals surface area contributed by atoms with Gasteiger partial charge in [0.15, 0.2) is 11.6 Å². The Morgan fingerprint density at radius 1 is 0.833 bits per heavy atom. The number of aryl methyl sites for hydroxylation is 1. The van der Waals surface area contributed by atoms with E-state index in [1.165, 1.54) is 25.3 Å². The summed E-state index contributed by atoms with van der Waals surface area (Å²) < 4.78 is 52.9. The number of hydrogen-bond donors (Lipinski definition) is 0. The van der Waals surface area contributed by atoms with Crippen molar-refractivity contribution in [2.75, 3.05) is 7.11 Å². The SMILES string of the molecule is CCCCCc1ccc(COc2ccc(-c3ccc(OC)c(F)c3F)cc2)cc1F. The molecule has 0 aromatic heterocycles. The Morgan fingerprint density at radius 2 is 1.60 bits per heavy atom. The Kier molecular flexibility index (Phi) is 7.39. The number of benzene rings is 3. The second-order valence-electron chi connectivity index (χ2n) is 7.14. The van der Waals surface area contributed by atoms with E-state index in [-0.39, 0.29) is 23.7 Å². The lowest BCUT2D eigenvalue weighted by Gasteiger charge is -2.10. The number of unbranched alkanes of at least 4 members (excludes halogenated alkanes) is 2. The number of rotatable bonds is 9. The van der Waals surface area contributed by atoms with Crippen molar-refractivity contribution < 1.29 is 22.6 Å². The average molecular weight is 414 g/mol. The fraction of sp³-hybridized carbons (Fsp3) is 0.280. The summed E-state index contributed by atoms with van der Waals surface area (Å²) in [5, 5.41) is 0. The highest BCUT2D eigenvalue weighted by molar-refractivity contribution is 5.66. The van der Waals surface area contributed by atoms with Crippen molar-refractivity contribution in [2.45, 2.75) is 39.2 Å². The van der Waals surface area contributed by atoms with Crippen LogP contribution in [0.15, 0.2) is 54.6 Å². The van der Waals surface area contributed by atoms with Crippen LogP contribution in [0.2, 0.25) is 0 Å². The van der Waals surface area contributed by atoms with Gasteiger partial charge in [-0.2, -0.15) is 4.39 Å². The molecule has 0 atom stereocenters. The fourth-order valence-electron chi connectivity index (χ4n) is 3.26. The van der Waals surface area contributed by atoms with Gasteiger partial charge in [0.25, 0.3) is 0 Å². The van der Waals surface area contributed by atoms with Gasteiger partial charge in [0, 0.05) is 5.56 Å². The van der Waals surface area contributed by atoms with Gasteiger partial charge in [0.05, 0.1) is 7.11 Å². The van der Waals surface area contributed by atoms with Gasteiger partial charge in [-0.1, -0.05) is 44.0 Å². The van der Waals surface area contributed by atoms with Crippen LogP contribution in [0.3, 0.4) is 0 Å². The lowest BCUT2D eigenvalue weighted by atomic mass is 10.0. The summed E-state index contributed by atoms with van der Waals surface area (Å²) in [6.07, 6.45) is 3.92. The summed E-state index contributed by atoms with van der Waals surface area (Å²) in [4.78, 5) is 0. The highest BCUT2D eigenvalue weighted by Gasteiger charge is 2.15. The average Bonchev–Trinajstić information content (AvgIpc) is 2.76. The molecular weight excluding hydrogens is 389 g/mol. The molecule has 3 aromatic carbocycles. The molecule has 3 aromatic rings. The second-order valence-corrected chi connectivity index (χ2v) is 7.14. The largest absolute Gasteiger partial charge is 0.494 e. The highest BCUT2D eigenvalue weighted by atomic mass is 19.2. The molecule has 0 saturated heterocycles. The van der Waals surface area contributed by atoms with E-state index in [0.29, 0.717) is 11.3 Å². The Hall–Kier alpha value is -2.95. The number of methoxy groups -OCH3 is 1. The van der Waals surface area contributed by atoms with E-state index >= 15 is 0 Å². The fourth-order valence-corrected chi connectivity index (χ4v) is 3.26. The van der Waals surface area contributed by atoms with Crippen molar-refractivity contribution in [3.63, 3.8) is 0 Å². The molecule has 0 radical (unpaired) electrons. The quantitative estimate of drug-likeness (QED) is 0.348. The predicted octanol–water partition coefficient (Wildman–Crippen LogP) is 7.09. The lowest BCUT2D eigenvalue weighted by Crippen LogP contribution is -1.99. The van der Waals surface area contributed by atoms with Crippen molar-refractivity contribution in [3.8, 4) is 22.6 Å². The second kappa shape index (κ2) is 10.2. The number of hydrogen-bond acceptors (Lipinski definition) is 2. The molecule has 0 bridgehead atoms. The molecule has 2 nitrogen and oxygen atoms in total. The minimum Gasteiger partial charge on any atom is -0.494 e. The van der Waals surface area contributed by atoms with Gasteiger partial charge in [-0.3, -0.25) is 0 Å². The van der Waals surface area contributed by atoms with Crippen LogP contribution >= 0.6 is 0 Å². The molecule has 0 aliphatic carbocycles. The first-order valence-electron chi connectivity index (χ1n) is 10.1. The smallest absolute Gasteiger partial charge is 0.201 e. The molecule has 3 rings (SSSR count). The summed E-state index contributed by atoms with van der Waals surface area (Å²) in [6.45, 7) is 2.34. The normalized spacial score (nSPS) is 10.8. The first-order chi connectivity index (χ1) is 14.5. The summed E-state index contributed by atoms with van der Waals surface area (Å²) in [6, 6.07) is 14.7. The topological polar surface area (TPSA) is 18.5 Å². The molecule has 0 fully saturated rings. The molecule has 0 N–H and O–H groups in total. The van der Waals surface area contributed by atoms with Crippen LogP contribution in [0.4, 0.5) is 13.2 Å². The summed E-state index contributed by atoms with van der Waals surface area (Å²) in [7, 11) is 1.29. The van der Waals surface area contributed by atoms with Gasteiger partial charge < -0.3 is 9.47 Å². The third kappa shape index (κ3) is 5.15. The zero-order valence-electron chi connectivity index (χ0n) is 17.2. The van der Waals surface area contributed by atoms with Gasteiger partial charge in [0.1, 0.15) is 18.2 Å². The zero-order chi connectivity index (χ0) is 21.5. The maximum atomic E-state index is 14.3. The minimum absolute atomic E-state index is 0.139. The molecule has 0 unspecified atom stereocenters. The molecule has 0 amide bonds. The van der Waals surface area contributed by atoms with Crippen molar-refractivity contribution in [2.24, 2.45) is 0 Å². The van der Waals surface area contributed by atoms with E-state index in [4.69, 9.17) is 9.47 Å². The van der Waals surface area contributed by atoms with E-state index in [1.54, 1.807) is 24.3 Å². The lowest BCUT2D eigenvalue weighted by molar-refractivity contribution is 0.305. The van der Waals surface area contributed by atoms with Crippen LogP contribution < -0.4 is 9.47 Å². The molecule has 0 spiro atoms. The van der Waals surface area contributed by atoms with Crippen molar-refractivity contribution in [1.29, 1.82) is 0 Å². The summed E-state index contributed by atoms with van der Waals surface area (Å²) in [5.74, 6) is -1.77. The Morgan fingerprint density at radius 3 is 2.27 bits per heavy atom. The first-order valence-corrected chi connectivity index (χ1v) is 10.1. The van der Waals surface area contributed by atoms with Crippen LogP contribution in [0, 0.1) is 17.5 Å². The number of ether oxygens (including phenoxy) is 2. The third-order valence-corrected chi connectivity index (χ3v) is 5.00.